The first-order valence-electron chi connectivity index (χ1n) is 8.40. The van der Waals surface area contributed by atoms with Crippen molar-refractivity contribution in [2.75, 3.05) is 0 Å². The van der Waals surface area contributed by atoms with Gasteiger partial charge in [-0.1, -0.05) is 68.4 Å². The summed E-state index contributed by atoms with van der Waals surface area (Å²) in [6.45, 7) is 4.02. The molecule has 0 spiro atoms. The van der Waals surface area contributed by atoms with E-state index in [1.165, 1.54) is 0 Å². The molecule has 3 heteroatoms. The second-order valence-corrected chi connectivity index (χ2v) is 6.00. The molecule has 0 saturated heterocycles. The van der Waals surface area contributed by atoms with Gasteiger partial charge in [0.2, 0.25) is 0 Å². The highest BCUT2D eigenvalue weighted by Crippen LogP contribution is 2.31. The van der Waals surface area contributed by atoms with Crippen LogP contribution in [0.2, 0.25) is 0 Å². The van der Waals surface area contributed by atoms with Crippen LogP contribution in [0.3, 0.4) is 0 Å². The van der Waals surface area contributed by atoms with Crippen LogP contribution in [0.5, 0.6) is 17.2 Å². The number of rotatable bonds is 7. The third-order valence-electron chi connectivity index (χ3n) is 3.72. The Kier molecular flexibility index (Phi) is 5.24. The molecule has 0 fully saturated rings. The molecule has 0 aliphatic heterocycles. The van der Waals surface area contributed by atoms with E-state index in [2.05, 4.69) is 0 Å². The average molecular weight is 334 g/mol. The van der Waals surface area contributed by atoms with Crippen molar-refractivity contribution in [2.45, 2.75) is 19.8 Å². The quantitative estimate of drug-likeness (QED) is 0.531. The summed E-state index contributed by atoms with van der Waals surface area (Å²) in [7, 11) is 0. The lowest BCUT2D eigenvalue weighted by Crippen LogP contribution is -2.52. The fraction of sp³-hybridized carbons (Fsp3) is 0.182. The Labute approximate surface area is 148 Å². The molecule has 0 radical (unpaired) electrons. The predicted octanol–water partition coefficient (Wildman–Crippen LogP) is 5.53. The topological polar surface area (TPSA) is 27.7 Å². The zero-order valence-electron chi connectivity index (χ0n) is 14.5. The molecule has 0 aliphatic carbocycles. The molecule has 0 N–H and O–H groups in total. The lowest BCUT2D eigenvalue weighted by Gasteiger charge is -2.36. The van der Waals surface area contributed by atoms with Crippen LogP contribution in [0.4, 0.5) is 0 Å². The van der Waals surface area contributed by atoms with Gasteiger partial charge >= 0.3 is 5.97 Å². The summed E-state index contributed by atoms with van der Waals surface area (Å²) in [5, 5.41) is 0. The standard InChI is InChI=1S/C22H22O3/c1-18(2)22(23-19-12-6-3-7-13-19,24-20-14-8-4-9-15-20)25-21-16-10-5-11-17-21/h3-18H,1-2H3. The third-order valence-corrected chi connectivity index (χ3v) is 3.72. The summed E-state index contributed by atoms with van der Waals surface area (Å²) < 4.78 is 18.7. The van der Waals surface area contributed by atoms with Crippen LogP contribution in [0.1, 0.15) is 13.8 Å². The molecule has 25 heavy (non-hydrogen) atoms. The predicted molar refractivity (Wildman–Crippen MR) is 98.8 cm³/mol. The van der Waals surface area contributed by atoms with Gasteiger partial charge in [0.15, 0.2) is 0 Å². The Morgan fingerprint density at radius 1 is 0.520 bits per heavy atom. The lowest BCUT2D eigenvalue weighted by atomic mass is 10.1. The van der Waals surface area contributed by atoms with Crippen molar-refractivity contribution in [1.29, 1.82) is 0 Å². The first-order chi connectivity index (χ1) is 12.2. The van der Waals surface area contributed by atoms with E-state index in [-0.39, 0.29) is 5.92 Å². The van der Waals surface area contributed by atoms with Gasteiger partial charge in [0.1, 0.15) is 17.2 Å². The van der Waals surface area contributed by atoms with Crippen LogP contribution >= 0.6 is 0 Å². The van der Waals surface area contributed by atoms with Crippen molar-refractivity contribution in [3.05, 3.63) is 91.0 Å². The molecule has 3 rings (SSSR count). The molecule has 0 atom stereocenters. The molecule has 3 aromatic carbocycles. The van der Waals surface area contributed by atoms with E-state index in [0.717, 1.165) is 0 Å². The monoisotopic (exact) mass is 334 g/mol. The number of hydrogen-bond acceptors (Lipinski definition) is 3. The SMILES string of the molecule is CC(C)C(Oc1ccccc1)(Oc1ccccc1)Oc1ccccc1. The van der Waals surface area contributed by atoms with Gasteiger partial charge in [-0.3, -0.25) is 0 Å². The minimum atomic E-state index is -1.29. The van der Waals surface area contributed by atoms with E-state index in [0.29, 0.717) is 17.2 Å². The van der Waals surface area contributed by atoms with E-state index in [9.17, 15) is 0 Å². The number of hydrogen-bond donors (Lipinski definition) is 0. The molecule has 0 saturated carbocycles. The molecule has 128 valence electrons. The molecular formula is C22H22O3. The number of para-hydroxylation sites is 3. The van der Waals surface area contributed by atoms with Crippen molar-refractivity contribution in [2.24, 2.45) is 5.92 Å². The zero-order chi connectivity index (χ0) is 17.5. The minimum absolute atomic E-state index is 0.0758. The second kappa shape index (κ2) is 7.75. The molecule has 0 amide bonds. The number of ether oxygens (including phenoxy) is 3. The molecule has 3 aromatic rings. The van der Waals surface area contributed by atoms with Gasteiger partial charge in [0.05, 0.1) is 5.92 Å². The first-order valence-corrected chi connectivity index (χ1v) is 8.40. The molecule has 0 bridgehead atoms. The third kappa shape index (κ3) is 4.32. The van der Waals surface area contributed by atoms with Crippen LogP contribution in [0.25, 0.3) is 0 Å². The maximum atomic E-state index is 6.23. The van der Waals surface area contributed by atoms with Crippen LogP contribution < -0.4 is 14.2 Å². The van der Waals surface area contributed by atoms with E-state index < -0.39 is 5.97 Å². The van der Waals surface area contributed by atoms with Gasteiger partial charge in [-0.2, -0.15) is 0 Å². The van der Waals surface area contributed by atoms with Crippen molar-refractivity contribution in [3.63, 3.8) is 0 Å². The summed E-state index contributed by atoms with van der Waals surface area (Å²) in [5.41, 5.74) is 0. The fourth-order valence-corrected chi connectivity index (χ4v) is 2.37. The van der Waals surface area contributed by atoms with E-state index in [1.807, 2.05) is 105 Å². The zero-order valence-corrected chi connectivity index (χ0v) is 14.5. The minimum Gasteiger partial charge on any atom is -0.420 e. The Morgan fingerprint density at radius 2 is 0.800 bits per heavy atom. The van der Waals surface area contributed by atoms with Crippen molar-refractivity contribution in [3.8, 4) is 17.2 Å². The van der Waals surface area contributed by atoms with E-state index in [4.69, 9.17) is 14.2 Å². The summed E-state index contributed by atoms with van der Waals surface area (Å²) >= 11 is 0. The Morgan fingerprint density at radius 3 is 1.04 bits per heavy atom. The van der Waals surface area contributed by atoms with Crippen molar-refractivity contribution < 1.29 is 14.2 Å². The normalized spacial score (nSPS) is 11.2. The van der Waals surface area contributed by atoms with Gasteiger partial charge in [-0.25, -0.2) is 0 Å². The maximum absolute atomic E-state index is 6.23. The summed E-state index contributed by atoms with van der Waals surface area (Å²) in [5.74, 6) is 0.687. The molecule has 0 unspecified atom stereocenters. The summed E-state index contributed by atoms with van der Waals surface area (Å²) in [6.07, 6.45) is 0. The van der Waals surface area contributed by atoms with Crippen LogP contribution in [-0.4, -0.2) is 5.97 Å². The van der Waals surface area contributed by atoms with Crippen LogP contribution in [0.15, 0.2) is 91.0 Å². The highest BCUT2D eigenvalue weighted by Gasteiger charge is 2.42. The summed E-state index contributed by atoms with van der Waals surface area (Å²) in [4.78, 5) is 0. The molecule has 0 aliphatic rings. The van der Waals surface area contributed by atoms with Crippen molar-refractivity contribution >= 4 is 0 Å². The smallest absolute Gasteiger partial charge is 0.419 e. The molecular weight excluding hydrogens is 312 g/mol. The van der Waals surface area contributed by atoms with Crippen LogP contribution in [-0.2, 0) is 0 Å². The van der Waals surface area contributed by atoms with E-state index in [1.54, 1.807) is 0 Å². The number of benzene rings is 3. The first kappa shape index (κ1) is 16.9. The van der Waals surface area contributed by atoms with Crippen molar-refractivity contribution in [1.82, 2.24) is 0 Å². The van der Waals surface area contributed by atoms with Gasteiger partial charge in [0.25, 0.3) is 0 Å². The lowest BCUT2D eigenvalue weighted by molar-refractivity contribution is -0.279. The Hall–Kier alpha value is -2.94. The maximum Gasteiger partial charge on any atom is 0.419 e. The Balaban J connectivity index is 1.97. The van der Waals surface area contributed by atoms with E-state index >= 15 is 0 Å². The van der Waals surface area contributed by atoms with Gasteiger partial charge < -0.3 is 14.2 Å². The van der Waals surface area contributed by atoms with Gasteiger partial charge in [0, 0.05) is 0 Å². The fourth-order valence-electron chi connectivity index (χ4n) is 2.37. The Bertz CT molecular complexity index is 654. The second-order valence-electron chi connectivity index (χ2n) is 6.00. The molecule has 0 aromatic heterocycles. The largest absolute Gasteiger partial charge is 0.420 e. The highest BCUT2D eigenvalue weighted by molar-refractivity contribution is 5.26. The van der Waals surface area contributed by atoms with Crippen LogP contribution in [0, 0.1) is 5.92 Å². The average Bonchev–Trinajstić information content (AvgIpc) is 2.64. The highest BCUT2D eigenvalue weighted by atomic mass is 16.9. The van der Waals surface area contributed by atoms with Gasteiger partial charge in [-0.05, 0) is 36.4 Å². The van der Waals surface area contributed by atoms with Gasteiger partial charge in [-0.15, -0.1) is 0 Å². The molecule has 3 nitrogen and oxygen atoms in total. The summed E-state index contributed by atoms with van der Waals surface area (Å²) in [6, 6.07) is 28.7. The molecule has 0 heterocycles.